The van der Waals surface area contributed by atoms with Crippen molar-refractivity contribution in [2.24, 2.45) is 0 Å². The number of nitrogens with zero attached hydrogens (tertiary/aromatic N) is 4. The predicted molar refractivity (Wildman–Crippen MR) is 97.6 cm³/mol. The second-order valence-corrected chi connectivity index (χ2v) is 6.21. The quantitative estimate of drug-likeness (QED) is 0.735. The third-order valence-corrected chi connectivity index (χ3v) is 4.23. The highest BCUT2D eigenvalue weighted by atomic mass is 16.5. The molecule has 1 unspecified atom stereocenters. The molecule has 1 aromatic carbocycles. The minimum absolute atomic E-state index is 0.255. The maximum Gasteiger partial charge on any atom is 0.272 e. The molecule has 0 saturated carbocycles. The molecule has 0 aliphatic rings. The Hall–Kier alpha value is -2.96. The van der Waals surface area contributed by atoms with Crippen molar-refractivity contribution in [1.29, 1.82) is 0 Å². The number of hydrogen-bond donors (Lipinski definition) is 1. The van der Waals surface area contributed by atoms with E-state index in [4.69, 9.17) is 4.52 Å². The maximum atomic E-state index is 12.5. The van der Waals surface area contributed by atoms with Crippen molar-refractivity contribution in [3.63, 3.8) is 0 Å². The summed E-state index contributed by atoms with van der Waals surface area (Å²) >= 11 is 0. The molecule has 0 bridgehead atoms. The first-order valence-corrected chi connectivity index (χ1v) is 8.80. The van der Waals surface area contributed by atoms with Crippen LogP contribution >= 0.6 is 0 Å². The lowest BCUT2D eigenvalue weighted by Gasteiger charge is -2.07. The summed E-state index contributed by atoms with van der Waals surface area (Å²) < 4.78 is 7.15. The van der Waals surface area contributed by atoms with E-state index in [9.17, 15) is 4.79 Å². The van der Waals surface area contributed by atoms with Gasteiger partial charge in [0.25, 0.3) is 5.91 Å². The van der Waals surface area contributed by atoms with E-state index in [-0.39, 0.29) is 5.91 Å². The Labute approximate surface area is 152 Å². The van der Waals surface area contributed by atoms with Crippen molar-refractivity contribution >= 4 is 5.91 Å². The summed E-state index contributed by atoms with van der Waals surface area (Å²) in [5.41, 5.74) is 3.47. The standard InChI is InChI=1S/C19H23N5O2/c1-5-15-11-16(22-24(15)6-2)18(25)20-13(4)19-21-17(23-26-19)14-9-7-12(3)8-10-14/h7-11,13H,5-6H2,1-4H3,(H,20,25). The number of amides is 1. The van der Waals surface area contributed by atoms with Gasteiger partial charge in [-0.05, 0) is 33.3 Å². The molecular weight excluding hydrogens is 330 g/mol. The minimum atomic E-state index is -0.411. The average molecular weight is 353 g/mol. The van der Waals surface area contributed by atoms with Crippen LogP contribution in [0.1, 0.15) is 54.4 Å². The number of rotatable bonds is 6. The molecule has 2 aromatic heterocycles. The highest BCUT2D eigenvalue weighted by Gasteiger charge is 2.20. The molecular formula is C19H23N5O2. The fourth-order valence-electron chi connectivity index (χ4n) is 2.69. The zero-order valence-corrected chi connectivity index (χ0v) is 15.5. The zero-order chi connectivity index (χ0) is 18.7. The van der Waals surface area contributed by atoms with E-state index in [2.05, 4.69) is 20.6 Å². The number of aryl methyl sites for hydroxylation is 3. The molecule has 7 heteroatoms. The Morgan fingerprint density at radius 2 is 2.00 bits per heavy atom. The van der Waals surface area contributed by atoms with Crippen LogP contribution in [0.25, 0.3) is 11.4 Å². The van der Waals surface area contributed by atoms with Crippen molar-refractivity contribution in [2.45, 2.75) is 46.7 Å². The Morgan fingerprint density at radius 3 is 2.62 bits per heavy atom. The van der Waals surface area contributed by atoms with Crippen molar-refractivity contribution in [1.82, 2.24) is 25.2 Å². The first kappa shape index (κ1) is 17.8. The van der Waals surface area contributed by atoms with Gasteiger partial charge in [0, 0.05) is 17.8 Å². The second-order valence-electron chi connectivity index (χ2n) is 6.21. The molecule has 0 fully saturated rings. The van der Waals surface area contributed by atoms with Gasteiger partial charge >= 0.3 is 0 Å². The van der Waals surface area contributed by atoms with Crippen LogP contribution in [0.2, 0.25) is 0 Å². The smallest absolute Gasteiger partial charge is 0.272 e. The minimum Gasteiger partial charge on any atom is -0.339 e. The van der Waals surface area contributed by atoms with Crippen LogP contribution in [0.15, 0.2) is 34.9 Å². The van der Waals surface area contributed by atoms with Crippen molar-refractivity contribution < 1.29 is 9.32 Å². The van der Waals surface area contributed by atoms with E-state index in [0.29, 0.717) is 17.4 Å². The molecule has 26 heavy (non-hydrogen) atoms. The fraction of sp³-hybridized carbons (Fsp3) is 0.368. The van der Waals surface area contributed by atoms with Crippen LogP contribution in [-0.2, 0) is 13.0 Å². The molecule has 0 aliphatic heterocycles. The molecule has 3 rings (SSSR count). The van der Waals surface area contributed by atoms with Gasteiger partial charge < -0.3 is 9.84 Å². The molecule has 1 amide bonds. The van der Waals surface area contributed by atoms with Crippen molar-refractivity contribution in [2.75, 3.05) is 0 Å². The van der Waals surface area contributed by atoms with Crippen LogP contribution in [-0.4, -0.2) is 25.8 Å². The van der Waals surface area contributed by atoms with Gasteiger partial charge in [-0.1, -0.05) is 41.9 Å². The van der Waals surface area contributed by atoms with Gasteiger partial charge in [0.1, 0.15) is 11.7 Å². The van der Waals surface area contributed by atoms with E-state index in [1.165, 1.54) is 0 Å². The molecule has 7 nitrogen and oxygen atoms in total. The molecule has 0 saturated heterocycles. The molecule has 136 valence electrons. The molecule has 1 N–H and O–H groups in total. The highest BCUT2D eigenvalue weighted by Crippen LogP contribution is 2.19. The normalized spacial score (nSPS) is 12.2. The highest BCUT2D eigenvalue weighted by molar-refractivity contribution is 5.92. The number of nitrogens with one attached hydrogen (secondary N) is 1. The summed E-state index contributed by atoms with van der Waals surface area (Å²) in [4.78, 5) is 16.9. The van der Waals surface area contributed by atoms with Crippen LogP contribution in [0.4, 0.5) is 0 Å². The summed E-state index contributed by atoms with van der Waals surface area (Å²) in [5.74, 6) is 0.610. The number of carbonyl (C=O) groups is 1. The van der Waals surface area contributed by atoms with Gasteiger partial charge in [0.15, 0.2) is 0 Å². The molecule has 0 aliphatic carbocycles. The Kier molecular flexibility index (Phi) is 5.16. The van der Waals surface area contributed by atoms with E-state index >= 15 is 0 Å². The van der Waals surface area contributed by atoms with E-state index in [1.807, 2.05) is 62.7 Å². The Balaban J connectivity index is 1.72. The largest absolute Gasteiger partial charge is 0.339 e. The third-order valence-electron chi connectivity index (χ3n) is 4.23. The SMILES string of the molecule is CCc1cc(C(=O)NC(C)c2nc(-c3ccc(C)cc3)no2)nn1CC. The molecule has 0 radical (unpaired) electrons. The maximum absolute atomic E-state index is 12.5. The van der Waals surface area contributed by atoms with Gasteiger partial charge in [0.05, 0.1) is 0 Å². The lowest BCUT2D eigenvalue weighted by Crippen LogP contribution is -2.27. The average Bonchev–Trinajstić information content (AvgIpc) is 3.29. The van der Waals surface area contributed by atoms with E-state index in [0.717, 1.165) is 29.8 Å². The van der Waals surface area contributed by atoms with Crippen LogP contribution in [0.5, 0.6) is 0 Å². The molecule has 3 aromatic rings. The summed E-state index contributed by atoms with van der Waals surface area (Å²) in [6.07, 6.45) is 0.827. The lowest BCUT2D eigenvalue weighted by molar-refractivity contribution is 0.0926. The summed E-state index contributed by atoms with van der Waals surface area (Å²) in [7, 11) is 0. The van der Waals surface area contributed by atoms with Crippen molar-refractivity contribution in [3.8, 4) is 11.4 Å². The third kappa shape index (κ3) is 3.66. The number of benzene rings is 1. The van der Waals surface area contributed by atoms with E-state index in [1.54, 1.807) is 0 Å². The predicted octanol–water partition coefficient (Wildman–Crippen LogP) is 3.31. The molecule has 2 heterocycles. The number of carbonyl (C=O) groups excluding carboxylic acids is 1. The first-order chi connectivity index (χ1) is 12.5. The monoisotopic (exact) mass is 353 g/mol. The molecule has 1 atom stereocenters. The van der Waals surface area contributed by atoms with E-state index < -0.39 is 6.04 Å². The zero-order valence-electron chi connectivity index (χ0n) is 15.5. The van der Waals surface area contributed by atoms with Gasteiger partial charge in [0.2, 0.25) is 11.7 Å². The van der Waals surface area contributed by atoms with Crippen LogP contribution in [0, 0.1) is 6.92 Å². The van der Waals surface area contributed by atoms with Gasteiger partial charge in [-0.25, -0.2) is 0 Å². The second kappa shape index (κ2) is 7.51. The summed E-state index contributed by atoms with van der Waals surface area (Å²) in [6, 6.07) is 9.27. The molecule has 0 spiro atoms. The lowest BCUT2D eigenvalue weighted by atomic mass is 10.1. The van der Waals surface area contributed by atoms with Crippen molar-refractivity contribution in [3.05, 3.63) is 53.2 Å². The summed E-state index contributed by atoms with van der Waals surface area (Å²) in [5, 5.41) is 11.2. The Morgan fingerprint density at radius 1 is 1.27 bits per heavy atom. The van der Waals surface area contributed by atoms with Gasteiger partial charge in [-0.2, -0.15) is 10.1 Å². The summed E-state index contributed by atoms with van der Waals surface area (Å²) in [6.45, 7) is 8.60. The van der Waals surface area contributed by atoms with Gasteiger partial charge in [-0.3, -0.25) is 9.48 Å². The Bertz CT molecular complexity index is 874. The number of hydrogen-bond acceptors (Lipinski definition) is 5. The van der Waals surface area contributed by atoms with Crippen LogP contribution in [0.3, 0.4) is 0 Å². The van der Waals surface area contributed by atoms with Gasteiger partial charge in [-0.15, -0.1) is 0 Å². The topological polar surface area (TPSA) is 85.8 Å². The van der Waals surface area contributed by atoms with Crippen LogP contribution < -0.4 is 5.32 Å². The fourth-order valence-corrected chi connectivity index (χ4v) is 2.69. The number of aromatic nitrogens is 4. The first-order valence-electron chi connectivity index (χ1n) is 8.80.